The molecule has 0 aliphatic carbocycles. The summed E-state index contributed by atoms with van der Waals surface area (Å²) in [5, 5.41) is 13.5. The van der Waals surface area contributed by atoms with Crippen LogP contribution >= 0.6 is 12.6 Å². The predicted octanol–water partition coefficient (Wildman–Crippen LogP) is 9.00. The predicted molar refractivity (Wildman–Crippen MR) is 204 cm³/mol. The third-order valence-electron chi connectivity index (χ3n) is 9.10. The van der Waals surface area contributed by atoms with Crippen LogP contribution in [0.3, 0.4) is 0 Å². The molecular formula is C41H54N4O2S. The highest BCUT2D eigenvalue weighted by Crippen LogP contribution is 2.27. The van der Waals surface area contributed by atoms with Gasteiger partial charge in [0.1, 0.15) is 18.2 Å². The Bertz CT molecular complexity index is 1690. The zero-order valence-corrected chi connectivity index (χ0v) is 31.1. The van der Waals surface area contributed by atoms with Gasteiger partial charge in [0.15, 0.2) is 0 Å². The number of benzene rings is 2. The lowest BCUT2D eigenvalue weighted by atomic mass is 9.84. The lowest BCUT2D eigenvalue weighted by molar-refractivity contribution is 0.142. The lowest BCUT2D eigenvalue weighted by Crippen LogP contribution is -2.60. The summed E-state index contributed by atoms with van der Waals surface area (Å²) in [5.41, 5.74) is 5.33. The number of nitriles is 1. The van der Waals surface area contributed by atoms with Gasteiger partial charge in [0.2, 0.25) is 0 Å². The highest BCUT2D eigenvalue weighted by atomic mass is 32.1. The van der Waals surface area contributed by atoms with Crippen molar-refractivity contribution in [3.05, 3.63) is 117 Å². The summed E-state index contributed by atoms with van der Waals surface area (Å²) < 4.78 is 7.93. The molecule has 0 spiro atoms. The first-order valence-electron chi connectivity index (χ1n) is 17.1. The van der Waals surface area contributed by atoms with Crippen LogP contribution in [-0.4, -0.2) is 33.0 Å². The Hall–Kier alpha value is -3.86. The third-order valence-corrected chi connectivity index (χ3v) is 9.75. The molecule has 256 valence electrons. The van der Waals surface area contributed by atoms with E-state index in [1.54, 1.807) is 10.6 Å². The maximum atomic E-state index is 14.1. The molecule has 1 N–H and O–H groups in total. The van der Waals surface area contributed by atoms with Crippen molar-refractivity contribution in [1.29, 1.82) is 5.26 Å². The fourth-order valence-corrected chi connectivity index (χ4v) is 6.47. The number of nitrogens with zero attached hydrogens (tertiary/aromatic N) is 3. The molecular weight excluding hydrogens is 613 g/mol. The molecule has 0 aliphatic rings. The summed E-state index contributed by atoms with van der Waals surface area (Å²) in [4.78, 5) is 19.1. The van der Waals surface area contributed by atoms with Crippen molar-refractivity contribution in [1.82, 2.24) is 14.9 Å². The average Bonchev–Trinajstić information content (AvgIpc) is 3.07. The standard InChI is InChI=1S/C41H54N4O2S/c1-10-14-16-33(26-42)36(13-4)32-19-17-31(18-20-32)25-37-38(15-11-2)43-30(6)45(39(37)46)34-21-23-35(24-22-34)47-27-40(7,8)44-41(9,28-48)29(5)12-3/h10,13,16-24,29,44,48H,1,11-12,14-15,25,27-28H2,2-9H3/b33-16?,36-13-. The first kappa shape index (κ1) is 38.6. The molecule has 0 aliphatic heterocycles. The molecule has 0 radical (unpaired) electrons. The number of ether oxygens (including phenoxy) is 1. The number of rotatable bonds is 17. The fraction of sp³-hybridized carbons (Fsp3) is 0.439. The smallest absolute Gasteiger partial charge is 0.261 e. The molecule has 0 amide bonds. The van der Waals surface area contributed by atoms with Gasteiger partial charge in [0, 0.05) is 28.8 Å². The van der Waals surface area contributed by atoms with Crippen molar-refractivity contribution in [2.45, 2.75) is 98.6 Å². The Labute approximate surface area is 294 Å². The molecule has 0 saturated heterocycles. The zero-order chi connectivity index (χ0) is 35.5. The molecule has 0 bridgehead atoms. The van der Waals surface area contributed by atoms with Gasteiger partial charge < -0.3 is 10.1 Å². The Balaban J connectivity index is 1.87. The van der Waals surface area contributed by atoms with E-state index < -0.39 is 0 Å². The van der Waals surface area contributed by atoms with E-state index in [4.69, 9.17) is 9.72 Å². The summed E-state index contributed by atoms with van der Waals surface area (Å²) >= 11 is 4.64. The molecule has 6 nitrogen and oxygen atoms in total. The monoisotopic (exact) mass is 666 g/mol. The summed E-state index contributed by atoms with van der Waals surface area (Å²) in [6.07, 6.45) is 9.41. The lowest BCUT2D eigenvalue weighted by Gasteiger charge is -2.42. The Morgan fingerprint density at radius 2 is 1.81 bits per heavy atom. The first-order chi connectivity index (χ1) is 22.9. The van der Waals surface area contributed by atoms with Gasteiger partial charge in [-0.2, -0.15) is 17.9 Å². The summed E-state index contributed by atoms with van der Waals surface area (Å²) in [5.74, 6) is 2.60. The van der Waals surface area contributed by atoms with Gasteiger partial charge in [-0.1, -0.05) is 76.1 Å². The van der Waals surface area contributed by atoms with E-state index in [-0.39, 0.29) is 16.6 Å². The van der Waals surface area contributed by atoms with Crippen LogP contribution in [0.15, 0.2) is 83.7 Å². The van der Waals surface area contributed by atoms with Crippen LogP contribution in [0.2, 0.25) is 0 Å². The summed E-state index contributed by atoms with van der Waals surface area (Å²) in [7, 11) is 0. The molecule has 3 aromatic rings. The molecule has 0 fully saturated rings. The van der Waals surface area contributed by atoms with E-state index in [9.17, 15) is 10.1 Å². The molecule has 2 unspecified atom stereocenters. The minimum absolute atomic E-state index is 0.0571. The number of thiol groups is 1. The maximum Gasteiger partial charge on any atom is 0.261 e. The van der Waals surface area contributed by atoms with E-state index in [1.165, 1.54) is 0 Å². The number of allylic oxidation sites excluding steroid dienone is 5. The van der Waals surface area contributed by atoms with Gasteiger partial charge >= 0.3 is 0 Å². The Morgan fingerprint density at radius 3 is 2.35 bits per heavy atom. The van der Waals surface area contributed by atoms with Crippen molar-refractivity contribution in [3.8, 4) is 17.5 Å². The number of hydrogen-bond donors (Lipinski definition) is 2. The van der Waals surface area contributed by atoms with Crippen LogP contribution in [0.1, 0.15) is 95.9 Å². The highest BCUT2D eigenvalue weighted by molar-refractivity contribution is 7.80. The van der Waals surface area contributed by atoms with Crippen molar-refractivity contribution >= 4 is 18.2 Å². The number of nitrogens with one attached hydrogen (secondary N) is 1. The van der Waals surface area contributed by atoms with Crippen molar-refractivity contribution < 1.29 is 4.74 Å². The van der Waals surface area contributed by atoms with Crippen LogP contribution in [0.5, 0.6) is 5.75 Å². The molecule has 1 heterocycles. The second-order valence-corrected chi connectivity index (χ2v) is 13.8. The van der Waals surface area contributed by atoms with Crippen molar-refractivity contribution in [2.24, 2.45) is 5.92 Å². The molecule has 2 atom stereocenters. The van der Waals surface area contributed by atoms with Gasteiger partial charge in [0.25, 0.3) is 5.56 Å². The highest BCUT2D eigenvalue weighted by Gasteiger charge is 2.34. The first-order valence-corrected chi connectivity index (χ1v) is 17.7. The van der Waals surface area contributed by atoms with Gasteiger partial charge in [0.05, 0.1) is 23.0 Å². The van der Waals surface area contributed by atoms with E-state index >= 15 is 0 Å². The van der Waals surface area contributed by atoms with Crippen LogP contribution in [0.4, 0.5) is 0 Å². The van der Waals surface area contributed by atoms with Gasteiger partial charge in [-0.3, -0.25) is 9.36 Å². The SMILES string of the molecule is C=CCC=C(C#N)/C(=C\C)c1ccc(Cc2c(CCC)nc(C)n(-c3ccc(OCC(C)(C)NC(C)(CS)C(C)CC)cc3)c2=O)cc1. The zero-order valence-electron chi connectivity index (χ0n) is 30.2. The molecule has 3 rings (SSSR count). The number of hydrogen-bond acceptors (Lipinski definition) is 6. The van der Waals surface area contributed by atoms with E-state index in [0.29, 0.717) is 42.3 Å². The molecule has 48 heavy (non-hydrogen) atoms. The average molecular weight is 667 g/mol. The molecule has 1 aromatic heterocycles. The molecule has 2 aromatic carbocycles. The molecule has 7 heteroatoms. The van der Waals surface area contributed by atoms with Crippen molar-refractivity contribution in [2.75, 3.05) is 12.4 Å². The van der Waals surface area contributed by atoms with Crippen LogP contribution in [-0.2, 0) is 12.8 Å². The Kier molecular flexibility index (Phi) is 14.1. The Morgan fingerprint density at radius 1 is 1.15 bits per heavy atom. The van der Waals surface area contributed by atoms with Gasteiger partial charge in [-0.25, -0.2) is 4.98 Å². The second-order valence-electron chi connectivity index (χ2n) is 13.5. The number of aryl methyl sites for hydroxylation is 2. The van der Waals surface area contributed by atoms with Crippen LogP contribution in [0.25, 0.3) is 11.3 Å². The maximum absolute atomic E-state index is 14.1. The van der Waals surface area contributed by atoms with Crippen LogP contribution in [0, 0.1) is 24.2 Å². The number of aromatic nitrogens is 2. The summed E-state index contributed by atoms with van der Waals surface area (Å²) in [6.45, 7) is 21.2. The summed E-state index contributed by atoms with van der Waals surface area (Å²) in [6, 6.07) is 18.1. The topological polar surface area (TPSA) is 79.9 Å². The van der Waals surface area contributed by atoms with Gasteiger partial charge in [-0.05, 0) is 94.3 Å². The van der Waals surface area contributed by atoms with Gasteiger partial charge in [-0.15, -0.1) is 6.58 Å². The second kappa shape index (κ2) is 17.5. The van der Waals surface area contributed by atoms with E-state index in [2.05, 4.69) is 72.1 Å². The minimum atomic E-state index is -0.270. The molecule has 0 saturated carbocycles. The van der Waals surface area contributed by atoms with E-state index in [1.807, 2.05) is 74.5 Å². The van der Waals surface area contributed by atoms with Crippen molar-refractivity contribution in [3.63, 3.8) is 0 Å². The largest absolute Gasteiger partial charge is 0.492 e. The minimum Gasteiger partial charge on any atom is -0.492 e. The van der Waals surface area contributed by atoms with E-state index in [0.717, 1.165) is 58.8 Å². The normalized spacial score (nSPS) is 14.2. The quantitative estimate of drug-likeness (QED) is 0.0651. The third kappa shape index (κ3) is 9.61. The van der Waals surface area contributed by atoms with Crippen LogP contribution < -0.4 is 15.6 Å². The fourth-order valence-electron chi connectivity index (χ4n) is 6.08.